The van der Waals surface area contributed by atoms with E-state index in [0.717, 1.165) is 19.3 Å². The largest absolute Gasteiger partial charge is 0.480 e. The summed E-state index contributed by atoms with van der Waals surface area (Å²) >= 11 is 0. The summed E-state index contributed by atoms with van der Waals surface area (Å²) in [6.07, 6.45) is 3.22. The zero-order chi connectivity index (χ0) is 13.4. The summed E-state index contributed by atoms with van der Waals surface area (Å²) in [6, 6.07) is 0.0260. The second kappa shape index (κ2) is 4.53. The standard InChI is InChI=1S/C13H21NO4/c1-12(2)8-9(4-7-18-12)14-10(15)13(11(16)17)5-3-6-13/h9H,3-8H2,1-2H3,(H,14,15)(H,16,17). The molecule has 0 aromatic carbocycles. The highest BCUT2D eigenvalue weighted by atomic mass is 16.5. The van der Waals surface area contributed by atoms with Gasteiger partial charge < -0.3 is 15.2 Å². The van der Waals surface area contributed by atoms with E-state index in [1.807, 2.05) is 13.8 Å². The minimum atomic E-state index is -1.16. The summed E-state index contributed by atoms with van der Waals surface area (Å²) in [4.78, 5) is 23.4. The first-order valence-corrected chi connectivity index (χ1v) is 6.54. The fourth-order valence-electron chi connectivity index (χ4n) is 2.75. The topological polar surface area (TPSA) is 75.6 Å². The van der Waals surface area contributed by atoms with Crippen LogP contribution in [-0.4, -0.2) is 35.2 Å². The van der Waals surface area contributed by atoms with Crippen molar-refractivity contribution in [2.24, 2.45) is 5.41 Å². The number of aliphatic carboxylic acids is 1. The van der Waals surface area contributed by atoms with Gasteiger partial charge in [-0.1, -0.05) is 6.42 Å². The van der Waals surface area contributed by atoms with Crippen LogP contribution in [0.2, 0.25) is 0 Å². The van der Waals surface area contributed by atoms with Crippen molar-refractivity contribution in [2.45, 2.75) is 57.6 Å². The van der Waals surface area contributed by atoms with Gasteiger partial charge in [0.1, 0.15) is 5.41 Å². The van der Waals surface area contributed by atoms with Crippen molar-refractivity contribution in [1.82, 2.24) is 5.32 Å². The third-order valence-corrected chi connectivity index (χ3v) is 4.08. The van der Waals surface area contributed by atoms with Crippen LogP contribution >= 0.6 is 0 Å². The monoisotopic (exact) mass is 255 g/mol. The lowest BCUT2D eigenvalue weighted by molar-refractivity contribution is -0.162. The maximum absolute atomic E-state index is 12.1. The van der Waals surface area contributed by atoms with Crippen molar-refractivity contribution in [1.29, 1.82) is 0 Å². The molecule has 2 fully saturated rings. The molecular weight excluding hydrogens is 234 g/mol. The molecule has 1 aliphatic carbocycles. The predicted molar refractivity (Wildman–Crippen MR) is 65.1 cm³/mol. The van der Waals surface area contributed by atoms with Gasteiger partial charge >= 0.3 is 5.97 Å². The molecule has 1 amide bonds. The maximum Gasteiger partial charge on any atom is 0.319 e. The number of hydrogen-bond donors (Lipinski definition) is 2. The summed E-state index contributed by atoms with van der Waals surface area (Å²) in [5, 5.41) is 12.1. The van der Waals surface area contributed by atoms with Gasteiger partial charge in [-0.2, -0.15) is 0 Å². The highest BCUT2D eigenvalue weighted by Gasteiger charge is 2.51. The SMILES string of the molecule is CC1(C)CC(NC(=O)C2(C(=O)O)CCC2)CCO1. The number of rotatable bonds is 3. The molecule has 1 saturated carbocycles. The van der Waals surface area contributed by atoms with Crippen molar-refractivity contribution in [3.05, 3.63) is 0 Å². The van der Waals surface area contributed by atoms with E-state index in [1.165, 1.54) is 0 Å². The Bertz CT molecular complexity index is 360. The van der Waals surface area contributed by atoms with E-state index in [1.54, 1.807) is 0 Å². The molecule has 2 aliphatic rings. The van der Waals surface area contributed by atoms with Gasteiger partial charge in [0.15, 0.2) is 0 Å². The molecule has 0 aromatic rings. The van der Waals surface area contributed by atoms with Crippen molar-refractivity contribution >= 4 is 11.9 Å². The Morgan fingerprint density at radius 2 is 2.00 bits per heavy atom. The van der Waals surface area contributed by atoms with Gasteiger partial charge in [0, 0.05) is 12.6 Å². The number of amides is 1. The lowest BCUT2D eigenvalue weighted by Crippen LogP contribution is -2.55. The molecule has 0 spiro atoms. The fourth-order valence-corrected chi connectivity index (χ4v) is 2.75. The molecule has 1 atom stereocenters. The van der Waals surface area contributed by atoms with E-state index in [4.69, 9.17) is 4.74 Å². The molecule has 5 heteroatoms. The van der Waals surface area contributed by atoms with Gasteiger partial charge in [0.2, 0.25) is 5.91 Å². The Balaban J connectivity index is 1.97. The first-order chi connectivity index (χ1) is 8.36. The molecule has 0 aromatic heterocycles. The summed E-state index contributed by atoms with van der Waals surface area (Å²) in [6.45, 7) is 4.58. The number of nitrogens with one attached hydrogen (secondary N) is 1. The highest BCUT2D eigenvalue weighted by Crippen LogP contribution is 2.41. The summed E-state index contributed by atoms with van der Waals surface area (Å²) in [5.74, 6) is -1.30. The van der Waals surface area contributed by atoms with E-state index in [9.17, 15) is 14.7 Å². The lowest BCUT2D eigenvalue weighted by Gasteiger charge is -2.40. The van der Waals surface area contributed by atoms with E-state index in [2.05, 4.69) is 5.32 Å². The number of carboxylic acids is 1. The Labute approximate surface area is 107 Å². The molecule has 0 bridgehead atoms. The molecule has 1 heterocycles. The van der Waals surface area contributed by atoms with Crippen LogP contribution in [-0.2, 0) is 14.3 Å². The molecule has 1 unspecified atom stereocenters. The molecule has 2 N–H and O–H groups in total. The Morgan fingerprint density at radius 1 is 1.33 bits per heavy atom. The number of carboxylic acid groups (broad SMARTS) is 1. The van der Waals surface area contributed by atoms with E-state index in [0.29, 0.717) is 19.4 Å². The van der Waals surface area contributed by atoms with Crippen LogP contribution < -0.4 is 5.32 Å². The average Bonchev–Trinajstić information content (AvgIpc) is 2.12. The van der Waals surface area contributed by atoms with Gasteiger partial charge in [-0.3, -0.25) is 9.59 Å². The van der Waals surface area contributed by atoms with E-state index >= 15 is 0 Å². The van der Waals surface area contributed by atoms with Crippen LogP contribution in [0, 0.1) is 5.41 Å². The Kier molecular flexibility index (Phi) is 3.36. The molecule has 1 saturated heterocycles. The average molecular weight is 255 g/mol. The van der Waals surface area contributed by atoms with Gasteiger partial charge in [0.25, 0.3) is 0 Å². The molecule has 18 heavy (non-hydrogen) atoms. The number of hydrogen-bond acceptors (Lipinski definition) is 3. The number of carbonyl (C=O) groups excluding carboxylic acids is 1. The van der Waals surface area contributed by atoms with Crippen LogP contribution in [0.4, 0.5) is 0 Å². The van der Waals surface area contributed by atoms with Gasteiger partial charge in [0.05, 0.1) is 5.60 Å². The second-order valence-corrected chi connectivity index (χ2v) is 6.01. The van der Waals surface area contributed by atoms with Crippen molar-refractivity contribution in [3.63, 3.8) is 0 Å². The van der Waals surface area contributed by atoms with Crippen molar-refractivity contribution in [2.75, 3.05) is 6.61 Å². The van der Waals surface area contributed by atoms with Crippen LogP contribution in [0.5, 0.6) is 0 Å². The third-order valence-electron chi connectivity index (χ3n) is 4.08. The quantitative estimate of drug-likeness (QED) is 0.746. The minimum absolute atomic E-state index is 0.0260. The van der Waals surface area contributed by atoms with E-state index in [-0.39, 0.29) is 17.6 Å². The van der Waals surface area contributed by atoms with Crippen molar-refractivity contribution in [3.8, 4) is 0 Å². The summed E-state index contributed by atoms with van der Waals surface area (Å²) in [5.41, 5.74) is -1.41. The van der Waals surface area contributed by atoms with Crippen LogP contribution in [0.25, 0.3) is 0 Å². The van der Waals surface area contributed by atoms with Gasteiger partial charge in [-0.05, 0) is 39.5 Å². The van der Waals surface area contributed by atoms with Crippen LogP contribution in [0.3, 0.4) is 0 Å². The normalized spacial score (nSPS) is 29.1. The zero-order valence-corrected chi connectivity index (χ0v) is 11.0. The van der Waals surface area contributed by atoms with Crippen LogP contribution in [0.1, 0.15) is 46.0 Å². The molecule has 5 nitrogen and oxygen atoms in total. The molecular formula is C13H21NO4. The van der Waals surface area contributed by atoms with Crippen LogP contribution in [0.15, 0.2) is 0 Å². The van der Waals surface area contributed by atoms with Crippen molar-refractivity contribution < 1.29 is 19.4 Å². The second-order valence-electron chi connectivity index (χ2n) is 6.01. The Morgan fingerprint density at radius 3 is 2.44 bits per heavy atom. The smallest absolute Gasteiger partial charge is 0.319 e. The number of carbonyl (C=O) groups is 2. The number of ether oxygens (including phenoxy) is 1. The Hall–Kier alpha value is -1.10. The third kappa shape index (κ3) is 2.36. The molecule has 0 radical (unpaired) electrons. The van der Waals surface area contributed by atoms with Gasteiger partial charge in [-0.15, -0.1) is 0 Å². The zero-order valence-electron chi connectivity index (χ0n) is 11.0. The summed E-state index contributed by atoms with van der Waals surface area (Å²) < 4.78 is 5.58. The predicted octanol–water partition coefficient (Wildman–Crippen LogP) is 1.32. The minimum Gasteiger partial charge on any atom is -0.480 e. The lowest BCUT2D eigenvalue weighted by atomic mass is 9.68. The molecule has 102 valence electrons. The fraction of sp³-hybridized carbons (Fsp3) is 0.846. The molecule has 2 rings (SSSR count). The summed E-state index contributed by atoms with van der Waals surface area (Å²) in [7, 11) is 0. The first kappa shape index (κ1) is 13.3. The van der Waals surface area contributed by atoms with Gasteiger partial charge in [-0.25, -0.2) is 0 Å². The molecule has 1 aliphatic heterocycles. The van der Waals surface area contributed by atoms with E-state index < -0.39 is 11.4 Å². The first-order valence-electron chi connectivity index (χ1n) is 6.54. The maximum atomic E-state index is 12.1. The highest BCUT2D eigenvalue weighted by molar-refractivity contribution is 6.02.